The fourth-order valence-electron chi connectivity index (χ4n) is 4.57. The van der Waals surface area contributed by atoms with Gasteiger partial charge in [-0.1, -0.05) is 156 Å². The molecule has 0 saturated heterocycles. The fourth-order valence-corrected chi connectivity index (χ4v) is 4.57. The summed E-state index contributed by atoms with van der Waals surface area (Å²) in [5.41, 5.74) is 0. The predicted molar refractivity (Wildman–Crippen MR) is 137 cm³/mol. The maximum absolute atomic E-state index is 9.56. The summed E-state index contributed by atoms with van der Waals surface area (Å²) in [6, 6.07) is 0. The van der Waals surface area contributed by atoms with Gasteiger partial charge in [0.15, 0.2) is 0 Å². The van der Waals surface area contributed by atoms with E-state index in [0.717, 1.165) is 5.92 Å². The molecule has 0 aromatic carbocycles. The Bertz CT molecular complexity index is 311. The summed E-state index contributed by atoms with van der Waals surface area (Å²) in [6.07, 6.45) is 31.3. The lowest BCUT2D eigenvalue weighted by atomic mass is 9.93. The van der Waals surface area contributed by atoms with Crippen LogP contribution in [0.15, 0.2) is 0 Å². The first-order chi connectivity index (χ1) is 14.6. The lowest BCUT2D eigenvalue weighted by Gasteiger charge is -2.16. The van der Waals surface area contributed by atoms with Gasteiger partial charge in [0.05, 0.1) is 6.10 Å². The third-order valence-electron chi connectivity index (χ3n) is 7.23. The average Bonchev–Trinajstić information content (AvgIpc) is 2.72. The van der Waals surface area contributed by atoms with Gasteiger partial charge in [-0.2, -0.15) is 0 Å². The topological polar surface area (TPSA) is 20.2 Å². The van der Waals surface area contributed by atoms with Crippen LogP contribution in [0.3, 0.4) is 0 Å². The van der Waals surface area contributed by atoms with Crippen LogP contribution in [0.25, 0.3) is 0 Å². The Morgan fingerprint density at radius 1 is 0.433 bits per heavy atom. The van der Waals surface area contributed by atoms with Gasteiger partial charge in [0.2, 0.25) is 0 Å². The first-order valence-corrected chi connectivity index (χ1v) is 14.3. The first kappa shape index (κ1) is 30.0. The van der Waals surface area contributed by atoms with Crippen molar-refractivity contribution in [3.63, 3.8) is 0 Å². The van der Waals surface area contributed by atoms with Crippen LogP contribution < -0.4 is 0 Å². The van der Waals surface area contributed by atoms with Crippen LogP contribution in [0, 0.1) is 11.8 Å². The summed E-state index contributed by atoms with van der Waals surface area (Å²) >= 11 is 0. The van der Waals surface area contributed by atoms with Crippen molar-refractivity contribution in [1.29, 1.82) is 0 Å². The molecule has 182 valence electrons. The second kappa shape index (κ2) is 23.6. The zero-order valence-corrected chi connectivity index (χ0v) is 21.7. The van der Waals surface area contributed by atoms with Gasteiger partial charge in [-0.3, -0.25) is 0 Å². The Kier molecular flexibility index (Phi) is 23.6. The molecular weight excluding hydrogens is 364 g/mol. The molecule has 3 unspecified atom stereocenters. The number of hydrogen-bond acceptors (Lipinski definition) is 1. The Morgan fingerprint density at radius 3 is 1.13 bits per heavy atom. The van der Waals surface area contributed by atoms with Gasteiger partial charge in [0, 0.05) is 0 Å². The molecule has 3 atom stereocenters. The Hall–Kier alpha value is -0.0400. The normalized spacial score (nSPS) is 14.7. The van der Waals surface area contributed by atoms with E-state index < -0.39 is 0 Å². The first-order valence-electron chi connectivity index (χ1n) is 14.3. The lowest BCUT2D eigenvalue weighted by molar-refractivity contribution is 0.127. The molecule has 1 N–H and O–H groups in total. The maximum atomic E-state index is 9.56. The van der Waals surface area contributed by atoms with E-state index in [1.807, 2.05) is 6.92 Å². The van der Waals surface area contributed by atoms with Crippen LogP contribution in [0.1, 0.15) is 169 Å². The van der Waals surface area contributed by atoms with Gasteiger partial charge in [-0.25, -0.2) is 0 Å². The van der Waals surface area contributed by atoms with E-state index in [-0.39, 0.29) is 6.10 Å². The summed E-state index contributed by atoms with van der Waals surface area (Å²) in [6.45, 7) is 8.81. The minimum Gasteiger partial charge on any atom is -0.393 e. The molecule has 1 nitrogen and oxygen atoms in total. The molecule has 0 aromatic rings. The Balaban J connectivity index is 3.15. The van der Waals surface area contributed by atoms with Crippen molar-refractivity contribution in [3.8, 4) is 0 Å². The van der Waals surface area contributed by atoms with Crippen molar-refractivity contribution >= 4 is 0 Å². The van der Waals surface area contributed by atoms with Gasteiger partial charge in [0.1, 0.15) is 0 Å². The molecule has 0 aliphatic carbocycles. The maximum Gasteiger partial charge on any atom is 0.0537 e. The number of aliphatic hydroxyl groups excluding tert-OH is 1. The SMILES string of the molecule is CCCCCCCCCCCCCCCCCCCCC(C)CCCC(C)C(C)O. The van der Waals surface area contributed by atoms with Crippen molar-refractivity contribution in [3.05, 3.63) is 0 Å². The quantitative estimate of drug-likeness (QED) is 0.153. The molecule has 0 fully saturated rings. The highest BCUT2D eigenvalue weighted by atomic mass is 16.3. The molecule has 0 bridgehead atoms. The van der Waals surface area contributed by atoms with Gasteiger partial charge in [0.25, 0.3) is 0 Å². The summed E-state index contributed by atoms with van der Waals surface area (Å²) in [4.78, 5) is 0. The zero-order valence-electron chi connectivity index (χ0n) is 21.7. The smallest absolute Gasteiger partial charge is 0.0537 e. The van der Waals surface area contributed by atoms with Crippen LogP contribution in [0.2, 0.25) is 0 Å². The van der Waals surface area contributed by atoms with Crippen LogP contribution >= 0.6 is 0 Å². The molecule has 0 saturated carbocycles. The van der Waals surface area contributed by atoms with E-state index in [9.17, 15) is 5.11 Å². The molecule has 1 heteroatoms. The average molecular weight is 425 g/mol. The van der Waals surface area contributed by atoms with Crippen LogP contribution in [-0.2, 0) is 0 Å². The highest BCUT2D eigenvalue weighted by Crippen LogP contribution is 2.20. The van der Waals surface area contributed by atoms with Crippen LogP contribution in [0.4, 0.5) is 0 Å². The third kappa shape index (κ3) is 22.6. The molecular formula is C29H60O. The number of aliphatic hydroxyl groups is 1. The van der Waals surface area contributed by atoms with Crippen LogP contribution in [-0.4, -0.2) is 11.2 Å². The predicted octanol–water partition coefficient (Wildman–Crippen LogP) is 10.2. The number of unbranched alkanes of at least 4 members (excludes halogenated alkanes) is 17. The summed E-state index contributed by atoms with van der Waals surface area (Å²) in [7, 11) is 0. The van der Waals surface area contributed by atoms with Crippen molar-refractivity contribution in [1.82, 2.24) is 0 Å². The third-order valence-corrected chi connectivity index (χ3v) is 7.23. The Morgan fingerprint density at radius 2 is 0.767 bits per heavy atom. The second-order valence-corrected chi connectivity index (χ2v) is 10.6. The van der Waals surface area contributed by atoms with E-state index in [0.29, 0.717) is 5.92 Å². The fraction of sp³-hybridized carbons (Fsp3) is 1.00. The summed E-state index contributed by atoms with van der Waals surface area (Å²) in [5.74, 6) is 1.33. The van der Waals surface area contributed by atoms with Crippen LogP contribution in [0.5, 0.6) is 0 Å². The summed E-state index contributed by atoms with van der Waals surface area (Å²) in [5, 5.41) is 9.56. The van der Waals surface area contributed by atoms with Gasteiger partial charge in [-0.15, -0.1) is 0 Å². The monoisotopic (exact) mass is 424 g/mol. The molecule has 0 rings (SSSR count). The van der Waals surface area contributed by atoms with Gasteiger partial charge >= 0.3 is 0 Å². The van der Waals surface area contributed by atoms with Crippen molar-refractivity contribution in [2.45, 2.75) is 175 Å². The molecule has 0 spiro atoms. The summed E-state index contributed by atoms with van der Waals surface area (Å²) < 4.78 is 0. The zero-order chi connectivity index (χ0) is 22.3. The van der Waals surface area contributed by atoms with E-state index in [1.165, 1.54) is 141 Å². The van der Waals surface area contributed by atoms with E-state index >= 15 is 0 Å². The standard InChI is InChI=1S/C29H60O/c1-5-6-7-8-9-10-11-12-13-14-15-16-17-18-19-20-21-22-24-27(2)25-23-26-28(3)29(4)30/h27-30H,5-26H2,1-4H3. The minimum atomic E-state index is -0.143. The molecule has 0 heterocycles. The van der Waals surface area contributed by atoms with E-state index in [1.54, 1.807) is 0 Å². The molecule has 0 aliphatic rings. The molecule has 0 aliphatic heterocycles. The van der Waals surface area contributed by atoms with E-state index in [2.05, 4.69) is 20.8 Å². The largest absolute Gasteiger partial charge is 0.393 e. The second-order valence-electron chi connectivity index (χ2n) is 10.6. The molecule has 0 aromatic heterocycles. The van der Waals surface area contributed by atoms with Gasteiger partial charge in [-0.05, 0) is 25.2 Å². The van der Waals surface area contributed by atoms with Crippen molar-refractivity contribution in [2.75, 3.05) is 0 Å². The van der Waals surface area contributed by atoms with E-state index in [4.69, 9.17) is 0 Å². The highest BCUT2D eigenvalue weighted by Gasteiger charge is 2.09. The van der Waals surface area contributed by atoms with Crippen molar-refractivity contribution < 1.29 is 5.11 Å². The number of rotatable bonds is 24. The minimum absolute atomic E-state index is 0.143. The lowest BCUT2D eigenvalue weighted by Crippen LogP contribution is -2.13. The number of hydrogen-bond donors (Lipinski definition) is 1. The molecule has 0 amide bonds. The van der Waals surface area contributed by atoms with Gasteiger partial charge < -0.3 is 5.11 Å². The Labute approximate surface area is 192 Å². The van der Waals surface area contributed by atoms with Crippen molar-refractivity contribution in [2.24, 2.45) is 11.8 Å². The molecule has 30 heavy (non-hydrogen) atoms. The highest BCUT2D eigenvalue weighted by molar-refractivity contribution is 4.61. The molecule has 0 radical (unpaired) electrons.